The van der Waals surface area contributed by atoms with E-state index in [0.717, 1.165) is 52.8 Å². The van der Waals surface area contributed by atoms with Crippen molar-refractivity contribution in [1.29, 1.82) is 0 Å². The molecular formula is C25H23ClN2O2. The second kappa shape index (κ2) is 8.04. The number of halogens is 1. The number of para-hydroxylation sites is 1. The van der Waals surface area contributed by atoms with Crippen molar-refractivity contribution < 1.29 is 9.47 Å². The summed E-state index contributed by atoms with van der Waals surface area (Å²) >= 11 is 6.07. The minimum absolute atomic E-state index is 0.140. The van der Waals surface area contributed by atoms with Crippen LogP contribution in [0.15, 0.2) is 77.9 Å². The van der Waals surface area contributed by atoms with Gasteiger partial charge in [-0.15, -0.1) is 0 Å². The summed E-state index contributed by atoms with van der Waals surface area (Å²) in [5.74, 6) is 1.79. The first-order valence-electron chi connectivity index (χ1n) is 10.3. The zero-order chi connectivity index (χ0) is 20.5. The summed E-state index contributed by atoms with van der Waals surface area (Å²) in [4.78, 5) is 0. The summed E-state index contributed by atoms with van der Waals surface area (Å²) in [6.07, 6.45) is 1.54. The predicted molar refractivity (Wildman–Crippen MR) is 119 cm³/mol. The molecule has 2 aliphatic rings. The molecule has 5 heteroatoms. The van der Waals surface area contributed by atoms with E-state index in [4.69, 9.17) is 26.2 Å². The van der Waals surface area contributed by atoms with Crippen LogP contribution in [0.1, 0.15) is 48.7 Å². The predicted octanol–water partition coefficient (Wildman–Crippen LogP) is 6.37. The van der Waals surface area contributed by atoms with Crippen molar-refractivity contribution >= 4 is 17.3 Å². The molecule has 0 unspecified atom stereocenters. The summed E-state index contributed by atoms with van der Waals surface area (Å²) in [6, 6.07) is 24.4. The maximum atomic E-state index is 6.41. The van der Waals surface area contributed by atoms with Gasteiger partial charge in [0.25, 0.3) is 0 Å². The van der Waals surface area contributed by atoms with Gasteiger partial charge < -0.3 is 9.47 Å². The van der Waals surface area contributed by atoms with Gasteiger partial charge in [0, 0.05) is 22.6 Å². The normalized spacial score (nSPS) is 19.5. The van der Waals surface area contributed by atoms with Gasteiger partial charge >= 0.3 is 0 Å². The van der Waals surface area contributed by atoms with Crippen LogP contribution >= 0.6 is 11.6 Å². The Bertz CT molecular complexity index is 1060. The van der Waals surface area contributed by atoms with Gasteiger partial charge in [0.15, 0.2) is 0 Å². The molecule has 2 atom stereocenters. The smallest absolute Gasteiger partial charge is 0.213 e. The fourth-order valence-electron chi connectivity index (χ4n) is 4.02. The Morgan fingerprint density at radius 3 is 2.57 bits per heavy atom. The van der Waals surface area contributed by atoms with Gasteiger partial charge in [-0.05, 0) is 54.4 Å². The van der Waals surface area contributed by atoms with Crippen molar-refractivity contribution in [2.75, 3.05) is 6.61 Å². The van der Waals surface area contributed by atoms with Crippen molar-refractivity contribution in [3.63, 3.8) is 0 Å². The molecule has 152 valence electrons. The lowest BCUT2D eigenvalue weighted by Crippen LogP contribution is -2.33. The fourth-order valence-corrected chi connectivity index (χ4v) is 4.15. The lowest BCUT2D eigenvalue weighted by Gasteiger charge is -2.38. The van der Waals surface area contributed by atoms with Gasteiger partial charge in [0.1, 0.15) is 11.5 Å². The van der Waals surface area contributed by atoms with Crippen LogP contribution in [0.25, 0.3) is 0 Å². The lowest BCUT2D eigenvalue weighted by atomic mass is 9.96. The fraction of sp³-hybridized carbons (Fsp3) is 0.240. The molecule has 0 N–H and O–H groups in total. The highest BCUT2D eigenvalue weighted by Crippen LogP contribution is 2.47. The Balaban J connectivity index is 1.50. The first-order valence-corrected chi connectivity index (χ1v) is 10.7. The standard InChI is InChI=1S/C25H23ClN2O2/c1-2-15-29-20-13-9-18(10-14-20)25-28-23(21-5-3-4-6-24(21)30-25)16-22(27-28)17-7-11-19(26)12-8-17/h3-14,23,25H,2,15-16H2,1H3/t23-,25+/m1/s1. The highest BCUT2D eigenvalue weighted by atomic mass is 35.5. The number of rotatable bonds is 5. The molecule has 0 spiro atoms. The summed E-state index contributed by atoms with van der Waals surface area (Å²) in [6.45, 7) is 2.82. The van der Waals surface area contributed by atoms with Crippen molar-refractivity contribution in [2.24, 2.45) is 5.10 Å². The molecule has 0 saturated heterocycles. The largest absolute Gasteiger partial charge is 0.494 e. The highest BCUT2D eigenvalue weighted by molar-refractivity contribution is 6.30. The number of hydrogen-bond donors (Lipinski definition) is 0. The molecule has 0 radical (unpaired) electrons. The number of ether oxygens (including phenoxy) is 2. The molecule has 4 nitrogen and oxygen atoms in total. The Morgan fingerprint density at radius 1 is 1.03 bits per heavy atom. The van der Waals surface area contributed by atoms with Crippen LogP contribution in [-0.4, -0.2) is 17.3 Å². The first kappa shape index (κ1) is 19.0. The van der Waals surface area contributed by atoms with Gasteiger partial charge in [0.2, 0.25) is 6.23 Å². The number of nitrogens with zero attached hydrogens (tertiary/aromatic N) is 2. The minimum Gasteiger partial charge on any atom is -0.494 e. The van der Waals surface area contributed by atoms with Gasteiger partial charge in [-0.3, -0.25) is 0 Å². The summed E-state index contributed by atoms with van der Waals surface area (Å²) in [5, 5.41) is 7.81. The number of hydrazone groups is 1. The van der Waals surface area contributed by atoms with Crippen molar-refractivity contribution in [3.8, 4) is 11.5 Å². The number of benzene rings is 3. The Kier molecular flexibility index (Phi) is 5.09. The van der Waals surface area contributed by atoms with E-state index in [1.165, 1.54) is 5.56 Å². The molecule has 0 aromatic heterocycles. The third kappa shape index (κ3) is 3.52. The Hall–Kier alpha value is -2.98. The zero-order valence-electron chi connectivity index (χ0n) is 16.8. The SMILES string of the molecule is CCCOc1ccc([C@@H]2Oc3ccccc3[C@H]3CC(c4ccc(Cl)cc4)=NN32)cc1. The van der Waals surface area contributed by atoms with Crippen LogP contribution in [0.3, 0.4) is 0 Å². The minimum atomic E-state index is -0.282. The molecule has 30 heavy (non-hydrogen) atoms. The summed E-state index contributed by atoms with van der Waals surface area (Å²) in [7, 11) is 0. The molecule has 0 bridgehead atoms. The second-order valence-corrected chi connectivity index (χ2v) is 8.02. The molecule has 0 aliphatic carbocycles. The molecule has 3 aromatic carbocycles. The van der Waals surface area contributed by atoms with Crippen LogP contribution in [0, 0.1) is 0 Å². The molecular weight excluding hydrogens is 396 g/mol. The van der Waals surface area contributed by atoms with Gasteiger partial charge in [-0.1, -0.05) is 48.9 Å². The third-order valence-electron chi connectivity index (χ3n) is 5.51. The van der Waals surface area contributed by atoms with Crippen molar-refractivity contribution in [3.05, 3.63) is 94.5 Å². The van der Waals surface area contributed by atoms with E-state index < -0.39 is 0 Å². The van der Waals surface area contributed by atoms with Crippen LogP contribution in [0.4, 0.5) is 0 Å². The maximum absolute atomic E-state index is 6.41. The lowest BCUT2D eigenvalue weighted by molar-refractivity contribution is -0.0190. The molecule has 0 amide bonds. The summed E-state index contributed by atoms with van der Waals surface area (Å²) < 4.78 is 12.1. The average Bonchev–Trinajstić information content (AvgIpc) is 3.24. The molecule has 2 aliphatic heterocycles. The van der Waals surface area contributed by atoms with Gasteiger partial charge in [-0.2, -0.15) is 5.10 Å². The van der Waals surface area contributed by atoms with E-state index in [1.807, 2.05) is 48.5 Å². The molecule has 0 saturated carbocycles. The van der Waals surface area contributed by atoms with E-state index in [9.17, 15) is 0 Å². The highest BCUT2D eigenvalue weighted by Gasteiger charge is 2.40. The second-order valence-electron chi connectivity index (χ2n) is 7.58. The average molecular weight is 419 g/mol. The number of hydrogen-bond acceptors (Lipinski definition) is 4. The first-order chi connectivity index (χ1) is 14.7. The van der Waals surface area contributed by atoms with E-state index in [2.05, 4.69) is 36.2 Å². The molecule has 2 heterocycles. The number of fused-ring (bicyclic) bond motifs is 3. The molecule has 0 fully saturated rings. The molecule has 3 aromatic rings. The quantitative estimate of drug-likeness (QED) is 0.482. The van der Waals surface area contributed by atoms with Crippen LogP contribution in [0.2, 0.25) is 5.02 Å². The van der Waals surface area contributed by atoms with Crippen LogP contribution in [0.5, 0.6) is 11.5 Å². The third-order valence-corrected chi connectivity index (χ3v) is 5.77. The topological polar surface area (TPSA) is 34.1 Å². The Labute approximate surface area is 181 Å². The van der Waals surface area contributed by atoms with Crippen molar-refractivity contribution in [1.82, 2.24) is 5.01 Å². The van der Waals surface area contributed by atoms with Crippen LogP contribution in [-0.2, 0) is 0 Å². The van der Waals surface area contributed by atoms with Gasteiger partial charge in [0.05, 0.1) is 18.4 Å². The molecule has 5 rings (SSSR count). The monoisotopic (exact) mass is 418 g/mol. The summed E-state index contributed by atoms with van der Waals surface area (Å²) in [5.41, 5.74) is 4.36. The zero-order valence-corrected chi connectivity index (χ0v) is 17.5. The van der Waals surface area contributed by atoms with Crippen molar-refractivity contribution in [2.45, 2.75) is 32.0 Å². The maximum Gasteiger partial charge on any atom is 0.213 e. The van der Waals surface area contributed by atoms with E-state index in [0.29, 0.717) is 0 Å². The van der Waals surface area contributed by atoms with E-state index in [-0.39, 0.29) is 12.3 Å². The van der Waals surface area contributed by atoms with Gasteiger partial charge in [-0.25, -0.2) is 5.01 Å². The Morgan fingerprint density at radius 2 is 1.80 bits per heavy atom. The van der Waals surface area contributed by atoms with Crippen LogP contribution < -0.4 is 9.47 Å². The van der Waals surface area contributed by atoms with E-state index >= 15 is 0 Å². The van der Waals surface area contributed by atoms with E-state index in [1.54, 1.807) is 0 Å².